The molecule has 0 aromatic carbocycles. The van der Waals surface area contributed by atoms with E-state index in [2.05, 4.69) is 4.74 Å². The molecule has 0 bridgehead atoms. The van der Waals surface area contributed by atoms with E-state index in [1.807, 2.05) is 0 Å². The summed E-state index contributed by atoms with van der Waals surface area (Å²) >= 11 is 0. The monoisotopic (exact) mass is 328 g/mol. The number of ether oxygens (including phenoxy) is 3. The molecule has 1 unspecified atom stereocenters. The average molecular weight is 328 g/mol. The van der Waals surface area contributed by atoms with Crippen molar-refractivity contribution in [3.05, 3.63) is 11.8 Å². The Kier molecular flexibility index (Phi) is 10.3. The molecule has 1 N–H and O–H groups in total. The summed E-state index contributed by atoms with van der Waals surface area (Å²) in [6.07, 6.45) is 8.04. The average Bonchev–Trinajstić information content (AvgIpc) is 2.55. The van der Waals surface area contributed by atoms with E-state index in [4.69, 9.17) is 9.47 Å². The Morgan fingerprint density at radius 1 is 1.22 bits per heavy atom. The van der Waals surface area contributed by atoms with Crippen LogP contribution in [0, 0.1) is 0 Å². The second-order valence-corrected chi connectivity index (χ2v) is 5.55. The van der Waals surface area contributed by atoms with E-state index in [0.29, 0.717) is 13.0 Å². The number of esters is 1. The summed E-state index contributed by atoms with van der Waals surface area (Å²) in [4.78, 5) is 22.7. The lowest BCUT2D eigenvalue weighted by Gasteiger charge is -2.22. The summed E-state index contributed by atoms with van der Waals surface area (Å²) in [7, 11) is 0. The Morgan fingerprint density at radius 2 is 2.00 bits per heavy atom. The molecule has 0 spiro atoms. The molecule has 1 fully saturated rings. The second kappa shape index (κ2) is 12.1. The van der Waals surface area contributed by atoms with Crippen LogP contribution in [0.1, 0.15) is 58.3 Å². The molecule has 132 valence electrons. The summed E-state index contributed by atoms with van der Waals surface area (Å²) in [5, 5.41) is 9.35. The van der Waals surface area contributed by atoms with Crippen molar-refractivity contribution in [3.63, 3.8) is 0 Å². The minimum Gasteiger partial charge on any atom is -0.502 e. The van der Waals surface area contributed by atoms with Gasteiger partial charge in [0.25, 0.3) is 0 Å². The van der Waals surface area contributed by atoms with Gasteiger partial charge in [-0.25, -0.2) is 4.79 Å². The Bertz CT molecular complexity index is 385. The Balaban J connectivity index is 2.00. The van der Waals surface area contributed by atoms with E-state index in [-0.39, 0.29) is 18.7 Å². The molecule has 6 heteroatoms. The highest BCUT2D eigenvalue weighted by Crippen LogP contribution is 2.14. The van der Waals surface area contributed by atoms with Crippen LogP contribution in [0.4, 0.5) is 0 Å². The van der Waals surface area contributed by atoms with E-state index < -0.39 is 11.7 Å². The first-order chi connectivity index (χ1) is 11.1. The number of hydrogen-bond donors (Lipinski definition) is 1. The van der Waals surface area contributed by atoms with Gasteiger partial charge in [0.05, 0.1) is 6.61 Å². The molecule has 0 aromatic rings. The van der Waals surface area contributed by atoms with Crippen molar-refractivity contribution < 1.29 is 28.9 Å². The Labute approximate surface area is 137 Å². The molecule has 1 atom stereocenters. The maximum absolute atomic E-state index is 11.6. The molecular weight excluding hydrogens is 300 g/mol. The Hall–Kier alpha value is -1.40. The van der Waals surface area contributed by atoms with E-state index >= 15 is 0 Å². The largest absolute Gasteiger partial charge is 0.502 e. The summed E-state index contributed by atoms with van der Waals surface area (Å²) < 4.78 is 15.7. The maximum atomic E-state index is 11.6. The molecule has 1 aliphatic rings. The van der Waals surface area contributed by atoms with Crippen LogP contribution in [-0.4, -0.2) is 43.0 Å². The molecule has 1 saturated heterocycles. The normalized spacial score (nSPS) is 18.7. The number of ketones is 1. The molecule has 0 radical (unpaired) electrons. The van der Waals surface area contributed by atoms with Crippen molar-refractivity contribution in [2.75, 3.05) is 19.8 Å². The number of allylic oxidation sites excluding steroid dienone is 1. The van der Waals surface area contributed by atoms with Crippen LogP contribution in [0.5, 0.6) is 0 Å². The zero-order valence-corrected chi connectivity index (χ0v) is 13.9. The first-order valence-electron chi connectivity index (χ1n) is 8.47. The molecule has 1 heterocycles. The van der Waals surface area contributed by atoms with Crippen LogP contribution in [-0.2, 0) is 23.8 Å². The van der Waals surface area contributed by atoms with Crippen LogP contribution in [0.15, 0.2) is 11.8 Å². The van der Waals surface area contributed by atoms with Gasteiger partial charge in [-0.05, 0) is 39.0 Å². The molecule has 0 aromatic heterocycles. The number of carbonyl (C=O) groups is 2. The van der Waals surface area contributed by atoms with Crippen LogP contribution in [0.25, 0.3) is 0 Å². The first kappa shape index (κ1) is 19.6. The van der Waals surface area contributed by atoms with Gasteiger partial charge in [0.15, 0.2) is 12.1 Å². The van der Waals surface area contributed by atoms with Crippen molar-refractivity contribution in [1.82, 2.24) is 0 Å². The van der Waals surface area contributed by atoms with Crippen molar-refractivity contribution in [3.8, 4) is 0 Å². The van der Waals surface area contributed by atoms with Crippen molar-refractivity contribution in [2.24, 2.45) is 0 Å². The highest BCUT2D eigenvalue weighted by Gasteiger charge is 2.13. The quantitative estimate of drug-likeness (QED) is 0.272. The van der Waals surface area contributed by atoms with E-state index in [0.717, 1.165) is 51.2 Å². The zero-order chi connectivity index (χ0) is 16.9. The van der Waals surface area contributed by atoms with Crippen LogP contribution >= 0.6 is 0 Å². The molecule has 1 rings (SSSR count). The van der Waals surface area contributed by atoms with Crippen LogP contribution in [0.2, 0.25) is 0 Å². The first-order valence-corrected chi connectivity index (χ1v) is 8.47. The molecule has 23 heavy (non-hydrogen) atoms. The summed E-state index contributed by atoms with van der Waals surface area (Å²) in [5.41, 5.74) is 0. The fourth-order valence-electron chi connectivity index (χ4n) is 2.30. The second-order valence-electron chi connectivity index (χ2n) is 5.55. The molecular formula is C17H28O6. The van der Waals surface area contributed by atoms with E-state index in [9.17, 15) is 14.7 Å². The van der Waals surface area contributed by atoms with Crippen molar-refractivity contribution in [1.29, 1.82) is 0 Å². The van der Waals surface area contributed by atoms with Crippen molar-refractivity contribution in [2.45, 2.75) is 64.6 Å². The minimum absolute atomic E-state index is 0.0404. The number of aliphatic hydroxyl groups excluding tert-OH is 1. The third kappa shape index (κ3) is 9.36. The minimum atomic E-state index is -0.858. The van der Waals surface area contributed by atoms with Gasteiger partial charge in [-0.2, -0.15) is 0 Å². The summed E-state index contributed by atoms with van der Waals surface area (Å²) in [5.74, 6) is -1.75. The van der Waals surface area contributed by atoms with E-state index in [1.54, 1.807) is 6.92 Å². The Morgan fingerprint density at radius 3 is 2.70 bits per heavy atom. The number of carbonyl (C=O) groups excluding carboxylic acids is 2. The molecule has 1 aliphatic heterocycles. The summed E-state index contributed by atoms with van der Waals surface area (Å²) in [6, 6.07) is 0. The van der Waals surface area contributed by atoms with Gasteiger partial charge in [-0.15, -0.1) is 0 Å². The molecule has 0 saturated carbocycles. The van der Waals surface area contributed by atoms with Gasteiger partial charge >= 0.3 is 5.97 Å². The third-order valence-corrected chi connectivity index (χ3v) is 3.54. The highest BCUT2D eigenvalue weighted by atomic mass is 16.7. The third-order valence-electron chi connectivity index (χ3n) is 3.54. The molecule has 6 nitrogen and oxygen atoms in total. The fourth-order valence-corrected chi connectivity index (χ4v) is 2.30. The van der Waals surface area contributed by atoms with Gasteiger partial charge in [0.2, 0.25) is 5.76 Å². The zero-order valence-electron chi connectivity index (χ0n) is 13.9. The predicted molar refractivity (Wildman–Crippen MR) is 85.0 cm³/mol. The smallest absolute Gasteiger partial charge is 0.373 e. The van der Waals surface area contributed by atoms with Gasteiger partial charge in [-0.3, -0.25) is 4.79 Å². The topological polar surface area (TPSA) is 82.1 Å². The maximum Gasteiger partial charge on any atom is 0.373 e. The standard InChI is InChI=1S/C17H28O6/c1-2-21-17(20)15(19)13-14(18)9-5-3-4-7-11-22-16-10-6-8-12-23-16/h13,16,19H,2-12H2,1H3/b15-13-. The SMILES string of the molecule is CCOC(=O)/C(O)=C/C(=O)CCCCCCOC1CCCCO1. The summed E-state index contributed by atoms with van der Waals surface area (Å²) in [6.45, 7) is 3.27. The molecule has 0 aliphatic carbocycles. The fraction of sp³-hybridized carbons (Fsp3) is 0.765. The predicted octanol–water partition coefficient (Wildman–Crippen LogP) is 3.05. The van der Waals surface area contributed by atoms with Crippen molar-refractivity contribution >= 4 is 11.8 Å². The molecule has 0 amide bonds. The number of rotatable bonds is 11. The number of aliphatic hydroxyl groups is 1. The van der Waals surface area contributed by atoms with Gasteiger partial charge in [-0.1, -0.05) is 12.8 Å². The number of unbranched alkanes of at least 4 members (excludes halogenated alkanes) is 3. The van der Waals surface area contributed by atoms with Crippen LogP contribution < -0.4 is 0 Å². The van der Waals surface area contributed by atoms with Gasteiger partial charge < -0.3 is 19.3 Å². The van der Waals surface area contributed by atoms with Crippen LogP contribution in [0.3, 0.4) is 0 Å². The number of hydrogen-bond acceptors (Lipinski definition) is 6. The lowest BCUT2D eigenvalue weighted by Crippen LogP contribution is -2.22. The highest BCUT2D eigenvalue weighted by molar-refractivity contribution is 5.97. The van der Waals surface area contributed by atoms with Gasteiger partial charge in [0.1, 0.15) is 0 Å². The lowest BCUT2D eigenvalue weighted by atomic mass is 10.1. The van der Waals surface area contributed by atoms with Gasteiger partial charge in [0, 0.05) is 25.7 Å². The van der Waals surface area contributed by atoms with E-state index in [1.165, 1.54) is 6.42 Å². The lowest BCUT2D eigenvalue weighted by molar-refractivity contribution is -0.162.